The SMILES string of the molecule is Cn1c(-c2[nH]ncc2N)cc2cccc(Cl)c21. The highest BCUT2D eigenvalue weighted by molar-refractivity contribution is 6.35. The third-order valence-corrected chi connectivity index (χ3v) is 3.24. The highest BCUT2D eigenvalue weighted by atomic mass is 35.5. The van der Waals surface area contributed by atoms with Gasteiger partial charge in [0.25, 0.3) is 0 Å². The van der Waals surface area contributed by atoms with Crippen molar-refractivity contribution in [2.45, 2.75) is 0 Å². The second kappa shape index (κ2) is 3.53. The van der Waals surface area contributed by atoms with Crippen molar-refractivity contribution < 1.29 is 0 Å². The number of nitrogens with two attached hydrogens (primary N) is 1. The summed E-state index contributed by atoms with van der Waals surface area (Å²) in [5.41, 5.74) is 9.29. The van der Waals surface area contributed by atoms with Crippen molar-refractivity contribution in [1.29, 1.82) is 0 Å². The highest BCUT2D eigenvalue weighted by Gasteiger charge is 2.13. The lowest BCUT2D eigenvalue weighted by Crippen LogP contribution is -1.94. The van der Waals surface area contributed by atoms with Crippen LogP contribution in [-0.4, -0.2) is 14.8 Å². The monoisotopic (exact) mass is 246 g/mol. The Hall–Kier alpha value is -1.94. The number of aromatic amines is 1. The van der Waals surface area contributed by atoms with E-state index in [0.29, 0.717) is 5.69 Å². The van der Waals surface area contributed by atoms with Crippen molar-refractivity contribution in [1.82, 2.24) is 14.8 Å². The Kier molecular flexibility index (Phi) is 2.12. The molecule has 0 saturated carbocycles. The van der Waals surface area contributed by atoms with Crippen molar-refractivity contribution >= 4 is 28.2 Å². The first kappa shape index (κ1) is 10.2. The van der Waals surface area contributed by atoms with Gasteiger partial charge in [0.1, 0.15) is 5.69 Å². The average molecular weight is 247 g/mol. The van der Waals surface area contributed by atoms with Crippen LogP contribution in [0.5, 0.6) is 0 Å². The zero-order valence-electron chi connectivity index (χ0n) is 9.24. The lowest BCUT2D eigenvalue weighted by atomic mass is 10.2. The van der Waals surface area contributed by atoms with Gasteiger partial charge in [-0.3, -0.25) is 5.10 Å². The summed E-state index contributed by atoms with van der Waals surface area (Å²) in [6.45, 7) is 0. The molecule has 0 saturated heterocycles. The number of anilines is 1. The number of H-pyrrole nitrogens is 1. The van der Waals surface area contributed by atoms with E-state index in [0.717, 1.165) is 27.3 Å². The second-order valence-corrected chi connectivity index (χ2v) is 4.37. The Morgan fingerprint density at radius 3 is 2.88 bits per heavy atom. The minimum atomic E-state index is 0.632. The summed E-state index contributed by atoms with van der Waals surface area (Å²) in [6, 6.07) is 7.89. The van der Waals surface area contributed by atoms with Crippen LogP contribution in [0.3, 0.4) is 0 Å². The van der Waals surface area contributed by atoms with Crippen LogP contribution in [0.25, 0.3) is 22.3 Å². The Balaban J connectivity index is 2.36. The molecule has 17 heavy (non-hydrogen) atoms. The minimum absolute atomic E-state index is 0.632. The fourth-order valence-corrected chi connectivity index (χ4v) is 2.42. The Morgan fingerprint density at radius 1 is 1.41 bits per heavy atom. The van der Waals surface area contributed by atoms with Crippen LogP contribution in [0.15, 0.2) is 30.5 Å². The largest absolute Gasteiger partial charge is 0.396 e. The van der Waals surface area contributed by atoms with Gasteiger partial charge in [-0.2, -0.15) is 5.10 Å². The van der Waals surface area contributed by atoms with E-state index in [9.17, 15) is 0 Å². The van der Waals surface area contributed by atoms with Crippen LogP contribution in [0, 0.1) is 0 Å². The summed E-state index contributed by atoms with van der Waals surface area (Å²) in [7, 11) is 1.96. The minimum Gasteiger partial charge on any atom is -0.396 e. The van der Waals surface area contributed by atoms with Gasteiger partial charge in [-0.15, -0.1) is 0 Å². The van der Waals surface area contributed by atoms with Crippen molar-refractivity contribution in [3.63, 3.8) is 0 Å². The Morgan fingerprint density at radius 2 is 2.24 bits per heavy atom. The number of para-hydroxylation sites is 1. The fraction of sp³-hybridized carbons (Fsp3) is 0.0833. The zero-order valence-corrected chi connectivity index (χ0v) is 9.99. The van der Waals surface area contributed by atoms with E-state index in [2.05, 4.69) is 10.2 Å². The number of rotatable bonds is 1. The number of fused-ring (bicyclic) bond motifs is 1. The number of hydrogen-bond acceptors (Lipinski definition) is 2. The Bertz CT molecular complexity index is 696. The molecule has 3 N–H and O–H groups in total. The van der Waals surface area contributed by atoms with Gasteiger partial charge in [-0.05, 0) is 12.1 Å². The maximum atomic E-state index is 6.20. The lowest BCUT2D eigenvalue weighted by molar-refractivity contribution is 0.964. The molecule has 5 heteroatoms. The molecule has 0 aliphatic carbocycles. The summed E-state index contributed by atoms with van der Waals surface area (Å²) in [4.78, 5) is 0. The molecule has 0 radical (unpaired) electrons. The third-order valence-electron chi connectivity index (χ3n) is 2.93. The van der Waals surface area contributed by atoms with Crippen LogP contribution >= 0.6 is 11.6 Å². The van der Waals surface area contributed by atoms with Gasteiger partial charge in [-0.25, -0.2) is 0 Å². The zero-order chi connectivity index (χ0) is 12.0. The quantitative estimate of drug-likeness (QED) is 0.694. The number of hydrogen-bond donors (Lipinski definition) is 2. The maximum Gasteiger partial charge on any atom is 0.104 e. The predicted molar refractivity (Wildman–Crippen MR) is 69.9 cm³/mol. The number of benzene rings is 1. The van der Waals surface area contributed by atoms with E-state index in [1.54, 1.807) is 6.20 Å². The second-order valence-electron chi connectivity index (χ2n) is 3.97. The number of halogens is 1. The molecule has 3 aromatic rings. The van der Waals surface area contributed by atoms with Gasteiger partial charge in [0.2, 0.25) is 0 Å². The molecule has 0 aliphatic rings. The molecular formula is C12H11ClN4. The van der Waals surface area contributed by atoms with Crippen molar-refractivity contribution in [2.24, 2.45) is 7.05 Å². The number of nitrogens with one attached hydrogen (secondary N) is 1. The molecule has 0 atom stereocenters. The lowest BCUT2D eigenvalue weighted by Gasteiger charge is -2.03. The van der Waals surface area contributed by atoms with Gasteiger partial charge in [0.15, 0.2) is 0 Å². The first-order chi connectivity index (χ1) is 8.18. The number of nitrogen functional groups attached to an aromatic ring is 1. The van der Waals surface area contributed by atoms with E-state index in [4.69, 9.17) is 17.3 Å². The van der Waals surface area contributed by atoms with Gasteiger partial charge >= 0.3 is 0 Å². The normalized spacial score (nSPS) is 11.2. The summed E-state index contributed by atoms with van der Waals surface area (Å²) < 4.78 is 2.02. The summed E-state index contributed by atoms with van der Waals surface area (Å²) in [5.74, 6) is 0. The number of aryl methyl sites for hydroxylation is 1. The summed E-state index contributed by atoms with van der Waals surface area (Å²) in [6.07, 6.45) is 1.61. The highest BCUT2D eigenvalue weighted by Crippen LogP contribution is 2.32. The molecule has 0 unspecified atom stereocenters. The van der Waals surface area contributed by atoms with Crippen LogP contribution in [0.2, 0.25) is 5.02 Å². The van der Waals surface area contributed by atoms with Crippen LogP contribution in [0.1, 0.15) is 0 Å². The molecule has 0 amide bonds. The van der Waals surface area contributed by atoms with Gasteiger partial charge in [-0.1, -0.05) is 23.7 Å². The van der Waals surface area contributed by atoms with Crippen molar-refractivity contribution in [2.75, 3.05) is 5.73 Å². The van der Waals surface area contributed by atoms with Crippen molar-refractivity contribution in [3.05, 3.63) is 35.5 Å². The van der Waals surface area contributed by atoms with Crippen molar-refractivity contribution in [3.8, 4) is 11.4 Å². The van der Waals surface area contributed by atoms with E-state index in [-0.39, 0.29) is 0 Å². The average Bonchev–Trinajstić information content (AvgIpc) is 2.84. The molecular weight excluding hydrogens is 236 g/mol. The topological polar surface area (TPSA) is 59.6 Å². The first-order valence-corrected chi connectivity index (χ1v) is 5.59. The molecule has 0 fully saturated rings. The van der Waals surface area contributed by atoms with Gasteiger partial charge in [0, 0.05) is 12.4 Å². The molecule has 1 aromatic carbocycles. The molecule has 86 valence electrons. The Labute approximate surface area is 103 Å². The smallest absolute Gasteiger partial charge is 0.104 e. The van der Waals surface area contributed by atoms with E-state index in [1.807, 2.05) is 35.9 Å². The molecule has 3 rings (SSSR count). The maximum absolute atomic E-state index is 6.20. The standard InChI is InChI=1S/C12H11ClN4/c1-17-10(11-9(14)6-15-16-11)5-7-3-2-4-8(13)12(7)17/h2-6H,14H2,1H3,(H,15,16). The third kappa shape index (κ3) is 1.41. The van der Waals surface area contributed by atoms with Crippen LogP contribution < -0.4 is 5.73 Å². The van der Waals surface area contributed by atoms with E-state index >= 15 is 0 Å². The predicted octanol–water partition coefficient (Wildman–Crippen LogP) is 2.80. The van der Waals surface area contributed by atoms with E-state index < -0.39 is 0 Å². The van der Waals surface area contributed by atoms with Gasteiger partial charge < -0.3 is 10.3 Å². The molecule has 2 aromatic heterocycles. The summed E-state index contributed by atoms with van der Waals surface area (Å²) in [5, 5.41) is 8.66. The molecule has 0 spiro atoms. The summed E-state index contributed by atoms with van der Waals surface area (Å²) >= 11 is 6.20. The fourth-order valence-electron chi connectivity index (χ4n) is 2.11. The van der Waals surface area contributed by atoms with Crippen LogP contribution in [-0.2, 0) is 7.05 Å². The van der Waals surface area contributed by atoms with E-state index in [1.165, 1.54) is 0 Å². The first-order valence-electron chi connectivity index (χ1n) is 5.21. The van der Waals surface area contributed by atoms with Crippen LogP contribution in [0.4, 0.5) is 5.69 Å². The van der Waals surface area contributed by atoms with Gasteiger partial charge in [0.05, 0.1) is 28.1 Å². The number of aromatic nitrogens is 3. The molecule has 0 aliphatic heterocycles. The molecule has 2 heterocycles. The molecule has 0 bridgehead atoms. The number of nitrogens with zero attached hydrogens (tertiary/aromatic N) is 2. The molecule has 4 nitrogen and oxygen atoms in total.